The van der Waals surface area contributed by atoms with E-state index in [1.165, 1.54) is 6.20 Å². The summed E-state index contributed by atoms with van der Waals surface area (Å²) < 4.78 is 4.76. The van der Waals surface area contributed by atoms with Gasteiger partial charge < -0.3 is 14.5 Å². The summed E-state index contributed by atoms with van der Waals surface area (Å²) in [6.45, 7) is 0.778. The average Bonchev–Trinajstić information content (AvgIpc) is 3.08. The fourth-order valence-electron chi connectivity index (χ4n) is 2.38. The fourth-order valence-corrected chi connectivity index (χ4v) is 2.57. The summed E-state index contributed by atoms with van der Waals surface area (Å²) in [5.41, 5.74) is -0.365. The predicted molar refractivity (Wildman–Crippen MR) is 82.7 cm³/mol. The van der Waals surface area contributed by atoms with Crippen LogP contribution in [0.5, 0.6) is 0 Å². The van der Waals surface area contributed by atoms with E-state index in [0.29, 0.717) is 31.0 Å². The van der Waals surface area contributed by atoms with Gasteiger partial charge in [0.05, 0.1) is 0 Å². The van der Waals surface area contributed by atoms with Crippen molar-refractivity contribution in [2.45, 2.75) is 18.4 Å². The van der Waals surface area contributed by atoms with Crippen LogP contribution in [0.4, 0.5) is 0 Å². The van der Waals surface area contributed by atoms with Crippen LogP contribution in [-0.4, -0.2) is 45.0 Å². The maximum atomic E-state index is 12.1. The summed E-state index contributed by atoms with van der Waals surface area (Å²) in [6, 6.07) is 7.15. The molecule has 0 bridgehead atoms. The first-order valence-electron chi connectivity index (χ1n) is 7.13. The van der Waals surface area contributed by atoms with Gasteiger partial charge in [0, 0.05) is 41.8 Å². The zero-order valence-corrected chi connectivity index (χ0v) is 13.0. The lowest BCUT2D eigenvalue weighted by atomic mass is 9.91. The van der Waals surface area contributed by atoms with E-state index in [1.807, 2.05) is 12.1 Å². The first kappa shape index (κ1) is 15.5. The first-order valence-corrected chi connectivity index (χ1v) is 7.51. The molecule has 2 heterocycles. The number of hydrogen-bond donors (Lipinski definition) is 1. The number of aliphatic hydroxyl groups is 1. The molecule has 0 radical (unpaired) electrons. The molecule has 3 rings (SSSR count). The van der Waals surface area contributed by atoms with Crippen LogP contribution in [-0.2, 0) is 0 Å². The number of amides is 1. The smallest absolute Gasteiger partial charge is 0.294 e. The SMILES string of the molecule is O=C(c1cnno1)N1CCC(O)(C#Cc2cccc(Cl)c2)CC1. The monoisotopic (exact) mass is 331 g/mol. The molecule has 1 amide bonds. The van der Waals surface area contributed by atoms with Crippen LogP contribution >= 0.6 is 11.6 Å². The van der Waals surface area contributed by atoms with Crippen molar-refractivity contribution >= 4 is 17.5 Å². The quantitative estimate of drug-likeness (QED) is 0.805. The van der Waals surface area contributed by atoms with Crippen molar-refractivity contribution < 1.29 is 14.4 Å². The molecule has 0 saturated carbocycles. The minimum atomic E-state index is -1.11. The molecule has 0 spiro atoms. The number of nitrogens with zero attached hydrogens (tertiary/aromatic N) is 3. The highest BCUT2D eigenvalue weighted by Gasteiger charge is 2.33. The van der Waals surface area contributed by atoms with E-state index in [2.05, 4.69) is 22.2 Å². The molecular formula is C16H14ClN3O3. The highest BCUT2D eigenvalue weighted by Crippen LogP contribution is 2.23. The predicted octanol–water partition coefficient (Wildman–Crippen LogP) is 1.74. The standard InChI is InChI=1S/C16H14ClN3O3/c17-13-3-1-2-12(10-13)4-5-16(22)6-8-20(9-7-16)15(21)14-11-18-19-23-14/h1-3,10-11,22H,6-9H2. The summed E-state index contributed by atoms with van der Waals surface area (Å²) in [5.74, 6) is 5.66. The van der Waals surface area contributed by atoms with E-state index < -0.39 is 5.60 Å². The van der Waals surface area contributed by atoms with Crippen molar-refractivity contribution in [3.8, 4) is 11.8 Å². The van der Waals surface area contributed by atoms with Crippen LogP contribution in [0.2, 0.25) is 5.02 Å². The number of benzene rings is 1. The lowest BCUT2D eigenvalue weighted by Gasteiger charge is -2.34. The van der Waals surface area contributed by atoms with Crippen molar-refractivity contribution in [3.05, 3.63) is 46.8 Å². The number of piperidine rings is 1. The molecule has 0 aliphatic carbocycles. The molecule has 118 valence electrons. The minimum absolute atomic E-state index is 0.0976. The Bertz CT molecular complexity index is 756. The molecule has 1 aromatic carbocycles. The van der Waals surface area contributed by atoms with Crippen LogP contribution in [0.25, 0.3) is 0 Å². The molecule has 1 aliphatic heterocycles. The van der Waals surface area contributed by atoms with Gasteiger partial charge in [-0.15, -0.1) is 5.10 Å². The Hall–Kier alpha value is -2.36. The van der Waals surface area contributed by atoms with Gasteiger partial charge >= 0.3 is 0 Å². The molecule has 7 heteroatoms. The lowest BCUT2D eigenvalue weighted by Crippen LogP contribution is -2.46. The van der Waals surface area contributed by atoms with Crippen LogP contribution in [0.15, 0.2) is 35.0 Å². The Balaban J connectivity index is 1.65. The minimum Gasteiger partial charge on any atom is -0.377 e. The van der Waals surface area contributed by atoms with Crippen molar-refractivity contribution in [1.29, 1.82) is 0 Å². The highest BCUT2D eigenvalue weighted by atomic mass is 35.5. The summed E-state index contributed by atoms with van der Waals surface area (Å²) in [6.07, 6.45) is 2.02. The number of hydrogen-bond acceptors (Lipinski definition) is 5. The van der Waals surface area contributed by atoms with Gasteiger partial charge in [-0.1, -0.05) is 29.5 Å². The Kier molecular flexibility index (Phi) is 4.33. The third-order valence-electron chi connectivity index (χ3n) is 3.71. The fraction of sp³-hybridized carbons (Fsp3) is 0.312. The zero-order valence-electron chi connectivity index (χ0n) is 12.2. The number of aromatic nitrogens is 2. The normalized spacial score (nSPS) is 16.5. The zero-order chi connectivity index (χ0) is 16.3. The van der Waals surface area contributed by atoms with E-state index in [1.54, 1.807) is 17.0 Å². The summed E-state index contributed by atoms with van der Waals surface area (Å²) in [7, 11) is 0. The largest absolute Gasteiger partial charge is 0.377 e. The highest BCUT2D eigenvalue weighted by molar-refractivity contribution is 6.30. The molecule has 1 N–H and O–H groups in total. The topological polar surface area (TPSA) is 79.5 Å². The van der Waals surface area contributed by atoms with Gasteiger partial charge in [0.15, 0.2) is 0 Å². The number of carbonyl (C=O) groups is 1. The average molecular weight is 332 g/mol. The Morgan fingerprint density at radius 1 is 1.39 bits per heavy atom. The summed E-state index contributed by atoms with van der Waals surface area (Å²) in [4.78, 5) is 13.7. The molecule has 1 fully saturated rings. The van der Waals surface area contributed by atoms with Crippen molar-refractivity contribution in [3.63, 3.8) is 0 Å². The molecule has 1 saturated heterocycles. The maximum absolute atomic E-state index is 12.1. The second-order valence-electron chi connectivity index (χ2n) is 5.37. The van der Waals surface area contributed by atoms with Crippen LogP contribution < -0.4 is 0 Å². The van der Waals surface area contributed by atoms with E-state index in [0.717, 1.165) is 5.56 Å². The van der Waals surface area contributed by atoms with Gasteiger partial charge in [-0.05, 0) is 18.2 Å². The van der Waals surface area contributed by atoms with Crippen LogP contribution in [0, 0.1) is 11.8 Å². The lowest BCUT2D eigenvalue weighted by molar-refractivity contribution is 0.0230. The van der Waals surface area contributed by atoms with E-state index in [-0.39, 0.29) is 11.7 Å². The van der Waals surface area contributed by atoms with E-state index >= 15 is 0 Å². The van der Waals surface area contributed by atoms with E-state index in [9.17, 15) is 9.90 Å². The number of rotatable bonds is 1. The first-order chi connectivity index (χ1) is 11.1. The van der Waals surface area contributed by atoms with Gasteiger partial charge in [0.1, 0.15) is 11.8 Å². The van der Waals surface area contributed by atoms with Crippen LogP contribution in [0.3, 0.4) is 0 Å². The third kappa shape index (κ3) is 3.70. The molecule has 2 aromatic rings. The van der Waals surface area contributed by atoms with Gasteiger partial charge in [0.2, 0.25) is 5.76 Å². The molecule has 6 nitrogen and oxygen atoms in total. The summed E-state index contributed by atoms with van der Waals surface area (Å²) in [5, 5.41) is 17.9. The van der Waals surface area contributed by atoms with Gasteiger partial charge in [-0.25, -0.2) is 0 Å². The van der Waals surface area contributed by atoms with Crippen LogP contribution in [0.1, 0.15) is 29.0 Å². The van der Waals surface area contributed by atoms with Crippen molar-refractivity contribution in [2.75, 3.05) is 13.1 Å². The third-order valence-corrected chi connectivity index (χ3v) is 3.95. The second kappa shape index (κ2) is 6.41. The maximum Gasteiger partial charge on any atom is 0.294 e. The Morgan fingerprint density at radius 2 is 2.17 bits per heavy atom. The molecular weight excluding hydrogens is 318 g/mol. The van der Waals surface area contributed by atoms with Gasteiger partial charge in [-0.3, -0.25) is 4.79 Å². The van der Waals surface area contributed by atoms with Gasteiger partial charge in [0.25, 0.3) is 5.91 Å². The summed E-state index contributed by atoms with van der Waals surface area (Å²) >= 11 is 5.91. The van der Waals surface area contributed by atoms with Crippen molar-refractivity contribution in [2.24, 2.45) is 0 Å². The molecule has 1 aromatic heterocycles. The number of carbonyl (C=O) groups excluding carboxylic acids is 1. The molecule has 1 aliphatic rings. The van der Waals surface area contributed by atoms with E-state index in [4.69, 9.17) is 16.1 Å². The second-order valence-corrected chi connectivity index (χ2v) is 5.80. The Morgan fingerprint density at radius 3 is 2.83 bits per heavy atom. The van der Waals surface area contributed by atoms with Gasteiger partial charge in [-0.2, -0.15) is 0 Å². The Labute approximate surface area is 138 Å². The van der Waals surface area contributed by atoms with Crippen molar-refractivity contribution in [1.82, 2.24) is 15.3 Å². The molecule has 0 atom stereocenters. The molecule has 23 heavy (non-hydrogen) atoms. The molecule has 0 unspecified atom stereocenters. The number of likely N-dealkylation sites (tertiary alicyclic amines) is 1. The number of halogens is 1.